The maximum Gasteiger partial charge on any atom is 0.233 e. The summed E-state index contributed by atoms with van der Waals surface area (Å²) in [6, 6.07) is 5.02. The van der Waals surface area contributed by atoms with E-state index < -0.39 is 0 Å². The van der Waals surface area contributed by atoms with Crippen LogP contribution in [0.3, 0.4) is 0 Å². The standard InChI is InChI=1S/C13H17Cl2NO2S/c1-8(11-4-3-10(14)7-12(11)15)16-13(18)9(2)19-6-5-17/h3-4,7-9,17H,5-6H2,1-2H3,(H,16,18)/t8-,9-/m1/s1. The van der Waals surface area contributed by atoms with E-state index in [1.165, 1.54) is 11.8 Å². The van der Waals surface area contributed by atoms with Gasteiger partial charge >= 0.3 is 0 Å². The maximum absolute atomic E-state index is 11.9. The Kier molecular flexibility index (Phi) is 7.00. The van der Waals surface area contributed by atoms with Crippen molar-refractivity contribution in [3.05, 3.63) is 33.8 Å². The number of aliphatic hydroxyl groups is 1. The molecule has 0 unspecified atom stereocenters. The molecule has 0 bridgehead atoms. The first kappa shape index (κ1) is 16.6. The lowest BCUT2D eigenvalue weighted by Crippen LogP contribution is -2.33. The van der Waals surface area contributed by atoms with Crippen molar-refractivity contribution in [1.82, 2.24) is 5.32 Å². The Labute approximate surface area is 127 Å². The average molecular weight is 322 g/mol. The van der Waals surface area contributed by atoms with Gasteiger partial charge in [-0.15, -0.1) is 11.8 Å². The van der Waals surface area contributed by atoms with Crippen LogP contribution in [-0.4, -0.2) is 28.6 Å². The molecule has 0 aromatic heterocycles. The molecule has 0 aliphatic rings. The molecule has 106 valence electrons. The highest BCUT2D eigenvalue weighted by atomic mass is 35.5. The van der Waals surface area contributed by atoms with E-state index in [9.17, 15) is 4.79 Å². The summed E-state index contributed by atoms with van der Waals surface area (Å²) in [5.74, 6) is 0.474. The molecule has 0 aliphatic heterocycles. The van der Waals surface area contributed by atoms with Gasteiger partial charge in [-0.1, -0.05) is 29.3 Å². The summed E-state index contributed by atoms with van der Waals surface area (Å²) in [6.45, 7) is 3.75. The van der Waals surface area contributed by atoms with Crippen LogP contribution in [0, 0.1) is 0 Å². The number of halogens is 2. The number of rotatable bonds is 6. The first-order valence-electron chi connectivity index (χ1n) is 5.93. The highest BCUT2D eigenvalue weighted by Gasteiger charge is 2.17. The average Bonchev–Trinajstić information content (AvgIpc) is 2.35. The normalized spacial score (nSPS) is 13.9. The second-order valence-electron chi connectivity index (χ2n) is 4.13. The zero-order chi connectivity index (χ0) is 14.4. The molecule has 1 aromatic rings. The van der Waals surface area contributed by atoms with Crippen LogP contribution in [-0.2, 0) is 4.79 Å². The summed E-state index contributed by atoms with van der Waals surface area (Å²) >= 11 is 13.3. The fraction of sp³-hybridized carbons (Fsp3) is 0.462. The molecular weight excluding hydrogens is 305 g/mol. The Morgan fingerprint density at radius 2 is 2.11 bits per heavy atom. The third kappa shape index (κ3) is 5.22. The van der Waals surface area contributed by atoms with Crippen LogP contribution in [0.4, 0.5) is 0 Å². The van der Waals surface area contributed by atoms with Crippen LogP contribution in [0.15, 0.2) is 18.2 Å². The van der Waals surface area contributed by atoms with Crippen LogP contribution in [0.5, 0.6) is 0 Å². The summed E-state index contributed by atoms with van der Waals surface area (Å²) in [6.07, 6.45) is 0. The first-order valence-corrected chi connectivity index (χ1v) is 7.74. The van der Waals surface area contributed by atoms with Gasteiger partial charge in [0.05, 0.1) is 17.9 Å². The molecule has 19 heavy (non-hydrogen) atoms. The number of carbonyl (C=O) groups excluding carboxylic acids is 1. The first-order chi connectivity index (χ1) is 8.95. The molecule has 0 saturated carbocycles. The lowest BCUT2D eigenvalue weighted by molar-refractivity contribution is -0.120. The summed E-state index contributed by atoms with van der Waals surface area (Å²) in [7, 11) is 0. The minimum atomic E-state index is -0.208. The van der Waals surface area contributed by atoms with Crippen LogP contribution in [0.25, 0.3) is 0 Å². The molecule has 1 amide bonds. The van der Waals surface area contributed by atoms with Crippen LogP contribution < -0.4 is 5.32 Å². The van der Waals surface area contributed by atoms with E-state index in [4.69, 9.17) is 28.3 Å². The van der Waals surface area contributed by atoms with Crippen molar-refractivity contribution < 1.29 is 9.90 Å². The molecule has 0 aliphatic carbocycles. The molecule has 1 aromatic carbocycles. The second-order valence-corrected chi connectivity index (χ2v) is 6.43. The monoisotopic (exact) mass is 321 g/mol. The van der Waals surface area contributed by atoms with E-state index in [-0.39, 0.29) is 23.8 Å². The Bertz CT molecular complexity index is 443. The van der Waals surface area contributed by atoms with Gasteiger partial charge in [0.25, 0.3) is 0 Å². The quantitative estimate of drug-likeness (QED) is 0.845. The largest absolute Gasteiger partial charge is 0.396 e. The van der Waals surface area contributed by atoms with E-state index in [1.54, 1.807) is 18.2 Å². The van der Waals surface area contributed by atoms with E-state index in [1.807, 2.05) is 13.8 Å². The maximum atomic E-state index is 11.9. The SMILES string of the molecule is C[C@@H](SCCO)C(=O)N[C@H](C)c1ccc(Cl)cc1Cl. The number of nitrogens with one attached hydrogen (secondary N) is 1. The number of benzene rings is 1. The topological polar surface area (TPSA) is 49.3 Å². The van der Waals surface area contributed by atoms with Crippen LogP contribution >= 0.6 is 35.0 Å². The van der Waals surface area contributed by atoms with Gasteiger partial charge in [0.1, 0.15) is 0 Å². The van der Waals surface area contributed by atoms with Crippen molar-refractivity contribution in [1.29, 1.82) is 0 Å². The number of aliphatic hydroxyl groups excluding tert-OH is 1. The van der Waals surface area contributed by atoms with Crippen molar-refractivity contribution in [3.63, 3.8) is 0 Å². The summed E-state index contributed by atoms with van der Waals surface area (Å²) in [5, 5.41) is 12.5. The van der Waals surface area contributed by atoms with Crippen LogP contribution in [0.1, 0.15) is 25.5 Å². The van der Waals surface area contributed by atoms with Crippen LogP contribution in [0.2, 0.25) is 10.0 Å². The Hall–Kier alpha value is -0.420. The molecule has 2 N–H and O–H groups in total. The Balaban J connectivity index is 2.63. The molecule has 2 atom stereocenters. The van der Waals surface area contributed by atoms with Crippen molar-refractivity contribution in [2.75, 3.05) is 12.4 Å². The molecule has 0 saturated heterocycles. The minimum Gasteiger partial charge on any atom is -0.396 e. The lowest BCUT2D eigenvalue weighted by atomic mass is 10.1. The Morgan fingerprint density at radius 3 is 2.68 bits per heavy atom. The molecule has 0 fully saturated rings. The van der Waals surface area contributed by atoms with Gasteiger partial charge in [-0.05, 0) is 31.5 Å². The smallest absolute Gasteiger partial charge is 0.233 e. The number of amides is 1. The zero-order valence-corrected chi connectivity index (χ0v) is 13.1. The summed E-state index contributed by atoms with van der Waals surface area (Å²) in [5.41, 5.74) is 0.832. The fourth-order valence-corrected chi connectivity index (χ4v) is 2.82. The molecule has 0 spiro atoms. The lowest BCUT2D eigenvalue weighted by Gasteiger charge is -2.18. The van der Waals surface area contributed by atoms with Crippen molar-refractivity contribution in [2.45, 2.75) is 25.1 Å². The molecule has 1 rings (SSSR count). The minimum absolute atomic E-state index is 0.0703. The van der Waals surface area contributed by atoms with Gasteiger partial charge < -0.3 is 10.4 Å². The van der Waals surface area contributed by atoms with Crippen molar-refractivity contribution in [3.8, 4) is 0 Å². The number of hydrogen-bond donors (Lipinski definition) is 2. The molecular formula is C13H17Cl2NO2S. The Morgan fingerprint density at radius 1 is 1.42 bits per heavy atom. The fourth-order valence-electron chi connectivity index (χ4n) is 1.57. The predicted octanol–water partition coefficient (Wildman–Crippen LogP) is 3.28. The van der Waals surface area contributed by atoms with Crippen molar-refractivity contribution >= 4 is 40.9 Å². The molecule has 0 radical (unpaired) electrons. The van der Waals surface area contributed by atoms with Gasteiger partial charge in [-0.25, -0.2) is 0 Å². The summed E-state index contributed by atoms with van der Waals surface area (Å²) in [4.78, 5) is 11.9. The van der Waals surface area contributed by atoms with Gasteiger partial charge in [-0.2, -0.15) is 0 Å². The van der Waals surface area contributed by atoms with E-state index in [0.29, 0.717) is 15.8 Å². The number of hydrogen-bond acceptors (Lipinski definition) is 3. The highest BCUT2D eigenvalue weighted by molar-refractivity contribution is 8.00. The summed E-state index contributed by atoms with van der Waals surface area (Å²) < 4.78 is 0. The van der Waals surface area contributed by atoms with E-state index in [0.717, 1.165) is 5.56 Å². The van der Waals surface area contributed by atoms with Gasteiger partial charge in [-0.3, -0.25) is 4.79 Å². The van der Waals surface area contributed by atoms with E-state index in [2.05, 4.69) is 5.32 Å². The molecule has 6 heteroatoms. The van der Waals surface area contributed by atoms with Gasteiger partial charge in [0, 0.05) is 15.8 Å². The third-order valence-electron chi connectivity index (χ3n) is 2.62. The van der Waals surface area contributed by atoms with Gasteiger partial charge in [0.2, 0.25) is 5.91 Å². The number of carbonyl (C=O) groups is 1. The molecule has 3 nitrogen and oxygen atoms in total. The zero-order valence-electron chi connectivity index (χ0n) is 10.8. The third-order valence-corrected chi connectivity index (χ3v) is 4.31. The highest BCUT2D eigenvalue weighted by Crippen LogP contribution is 2.26. The van der Waals surface area contributed by atoms with E-state index >= 15 is 0 Å². The second kappa shape index (κ2) is 8.00. The van der Waals surface area contributed by atoms with Gasteiger partial charge in [0.15, 0.2) is 0 Å². The number of thioether (sulfide) groups is 1. The molecule has 0 heterocycles. The predicted molar refractivity (Wildman–Crippen MR) is 82.0 cm³/mol. The van der Waals surface area contributed by atoms with Crippen molar-refractivity contribution in [2.24, 2.45) is 0 Å².